The van der Waals surface area contributed by atoms with Crippen molar-refractivity contribution in [3.05, 3.63) is 66.2 Å². The summed E-state index contributed by atoms with van der Waals surface area (Å²) < 4.78 is 24.1. The highest BCUT2D eigenvalue weighted by atomic mass is 19.1. The number of benzene rings is 2. The number of hydrogen-bond donors (Lipinski definition) is 2. The number of rotatable bonds is 4. The summed E-state index contributed by atoms with van der Waals surface area (Å²) in [7, 11) is 0. The van der Waals surface area contributed by atoms with Crippen LogP contribution in [-0.4, -0.2) is 29.1 Å². The van der Waals surface area contributed by atoms with E-state index in [9.17, 15) is 9.18 Å². The molecule has 0 fully saturated rings. The first kappa shape index (κ1) is 16.8. The van der Waals surface area contributed by atoms with Gasteiger partial charge in [0.2, 0.25) is 5.95 Å². The molecule has 0 saturated heterocycles. The Hall–Kier alpha value is -3.68. The van der Waals surface area contributed by atoms with E-state index in [1.807, 2.05) is 0 Å². The maximum atomic E-state index is 13.2. The van der Waals surface area contributed by atoms with E-state index in [-0.39, 0.29) is 23.2 Å². The Morgan fingerprint density at radius 3 is 2.52 bits per heavy atom. The number of fused-ring (bicyclic) bond motifs is 1. The Morgan fingerprint density at radius 2 is 1.74 bits per heavy atom. The molecule has 27 heavy (non-hydrogen) atoms. The summed E-state index contributed by atoms with van der Waals surface area (Å²) in [5.74, 6) is 0.774. The molecule has 1 aliphatic heterocycles. The lowest BCUT2D eigenvalue weighted by Gasteiger charge is -2.19. The average molecular weight is 366 g/mol. The summed E-state index contributed by atoms with van der Waals surface area (Å²) in [5, 5.41) is 5.63. The van der Waals surface area contributed by atoms with Crippen LogP contribution in [0.25, 0.3) is 0 Å². The van der Waals surface area contributed by atoms with E-state index in [1.165, 1.54) is 24.5 Å². The molecule has 0 spiro atoms. The van der Waals surface area contributed by atoms with E-state index in [0.29, 0.717) is 36.1 Å². The van der Waals surface area contributed by atoms with Gasteiger partial charge in [0.15, 0.2) is 11.5 Å². The topological polar surface area (TPSA) is 85.4 Å². The minimum absolute atomic E-state index is 0.261. The molecule has 1 amide bonds. The third kappa shape index (κ3) is 3.95. The Bertz CT molecular complexity index is 979. The van der Waals surface area contributed by atoms with Gasteiger partial charge in [-0.15, -0.1) is 0 Å². The molecule has 1 aliphatic rings. The molecule has 0 saturated carbocycles. The van der Waals surface area contributed by atoms with Gasteiger partial charge in [0, 0.05) is 29.8 Å². The van der Waals surface area contributed by atoms with Crippen molar-refractivity contribution in [3.8, 4) is 11.5 Å². The van der Waals surface area contributed by atoms with Gasteiger partial charge in [0.1, 0.15) is 19.0 Å². The molecule has 0 radical (unpaired) electrons. The zero-order valence-corrected chi connectivity index (χ0v) is 14.1. The van der Waals surface area contributed by atoms with Crippen LogP contribution in [0.5, 0.6) is 11.5 Å². The van der Waals surface area contributed by atoms with Crippen LogP contribution in [0.3, 0.4) is 0 Å². The van der Waals surface area contributed by atoms with E-state index in [2.05, 4.69) is 20.6 Å². The molecule has 2 N–H and O–H groups in total. The number of nitrogens with zero attached hydrogens (tertiary/aromatic N) is 2. The molecule has 0 atom stereocenters. The van der Waals surface area contributed by atoms with Crippen LogP contribution < -0.4 is 20.1 Å². The van der Waals surface area contributed by atoms with E-state index >= 15 is 0 Å². The zero-order chi connectivity index (χ0) is 18.6. The van der Waals surface area contributed by atoms with Crippen LogP contribution in [0, 0.1) is 5.82 Å². The second kappa shape index (κ2) is 7.28. The minimum Gasteiger partial charge on any atom is -0.486 e. The molecule has 2 heterocycles. The summed E-state index contributed by atoms with van der Waals surface area (Å²) in [4.78, 5) is 20.5. The van der Waals surface area contributed by atoms with Gasteiger partial charge in [-0.3, -0.25) is 4.79 Å². The molecule has 136 valence electrons. The molecule has 8 heteroatoms. The second-order valence-electron chi connectivity index (χ2n) is 5.74. The van der Waals surface area contributed by atoms with Gasteiger partial charge in [-0.2, -0.15) is 0 Å². The summed E-state index contributed by atoms with van der Waals surface area (Å²) in [6, 6.07) is 11.1. The van der Waals surface area contributed by atoms with Crippen molar-refractivity contribution in [2.24, 2.45) is 0 Å². The van der Waals surface area contributed by atoms with Crippen LogP contribution in [0.15, 0.2) is 54.9 Å². The quantitative estimate of drug-likeness (QED) is 0.736. The van der Waals surface area contributed by atoms with Gasteiger partial charge in [0.25, 0.3) is 5.91 Å². The number of halogens is 1. The molecular formula is C19H15FN4O3. The van der Waals surface area contributed by atoms with Gasteiger partial charge in [0.05, 0.1) is 5.56 Å². The number of aromatic nitrogens is 2. The standard InChI is InChI=1S/C19H15FN4O3/c20-13-2-1-3-14(8-13)24-19-21-10-12(11-22-19)18(25)23-15-4-5-16-17(9-15)27-7-6-26-16/h1-5,8-11H,6-7H2,(H,23,25)(H,21,22,24). The van der Waals surface area contributed by atoms with Crippen molar-refractivity contribution < 1.29 is 18.7 Å². The molecule has 4 rings (SSSR count). The van der Waals surface area contributed by atoms with Crippen molar-refractivity contribution >= 4 is 23.2 Å². The first-order valence-electron chi connectivity index (χ1n) is 8.23. The van der Waals surface area contributed by atoms with Crippen molar-refractivity contribution in [1.82, 2.24) is 9.97 Å². The maximum Gasteiger partial charge on any atom is 0.258 e. The van der Waals surface area contributed by atoms with Gasteiger partial charge in [-0.25, -0.2) is 14.4 Å². The SMILES string of the molecule is O=C(Nc1ccc2c(c1)OCCO2)c1cnc(Nc2cccc(F)c2)nc1. The number of ether oxygens (including phenoxy) is 2. The Balaban J connectivity index is 1.43. The Labute approximate surface area is 154 Å². The van der Waals surface area contributed by atoms with E-state index in [4.69, 9.17) is 9.47 Å². The van der Waals surface area contributed by atoms with Gasteiger partial charge in [-0.1, -0.05) is 6.07 Å². The fraction of sp³-hybridized carbons (Fsp3) is 0.105. The molecule has 7 nitrogen and oxygen atoms in total. The number of amides is 1. The van der Waals surface area contributed by atoms with Crippen molar-refractivity contribution in [2.75, 3.05) is 23.8 Å². The number of carbonyl (C=O) groups is 1. The summed E-state index contributed by atoms with van der Waals surface area (Å²) in [5.41, 5.74) is 1.38. The second-order valence-corrected chi connectivity index (χ2v) is 5.74. The van der Waals surface area contributed by atoms with Gasteiger partial charge >= 0.3 is 0 Å². The molecule has 3 aromatic rings. The van der Waals surface area contributed by atoms with Crippen molar-refractivity contribution in [3.63, 3.8) is 0 Å². The van der Waals surface area contributed by atoms with Crippen LogP contribution in [-0.2, 0) is 0 Å². The van der Waals surface area contributed by atoms with Crippen molar-refractivity contribution in [2.45, 2.75) is 0 Å². The van der Waals surface area contributed by atoms with Crippen LogP contribution >= 0.6 is 0 Å². The lowest BCUT2D eigenvalue weighted by molar-refractivity contribution is 0.102. The van der Waals surface area contributed by atoms with Gasteiger partial charge in [-0.05, 0) is 30.3 Å². The first-order chi connectivity index (χ1) is 13.2. The van der Waals surface area contributed by atoms with E-state index in [1.54, 1.807) is 30.3 Å². The Kier molecular flexibility index (Phi) is 4.52. The predicted molar refractivity (Wildman–Crippen MR) is 97.1 cm³/mol. The summed E-state index contributed by atoms with van der Waals surface area (Å²) in [6.45, 7) is 0.976. The molecule has 0 unspecified atom stereocenters. The molecular weight excluding hydrogens is 351 g/mol. The molecule has 0 bridgehead atoms. The van der Waals surface area contributed by atoms with E-state index < -0.39 is 0 Å². The summed E-state index contributed by atoms with van der Waals surface area (Å²) in [6.07, 6.45) is 2.78. The number of nitrogens with one attached hydrogen (secondary N) is 2. The third-order valence-corrected chi connectivity index (χ3v) is 3.79. The highest BCUT2D eigenvalue weighted by molar-refractivity contribution is 6.04. The third-order valence-electron chi connectivity index (χ3n) is 3.79. The fourth-order valence-corrected chi connectivity index (χ4v) is 2.53. The zero-order valence-electron chi connectivity index (χ0n) is 14.1. The Morgan fingerprint density at radius 1 is 0.963 bits per heavy atom. The minimum atomic E-state index is -0.365. The molecule has 0 aliphatic carbocycles. The van der Waals surface area contributed by atoms with Crippen LogP contribution in [0.1, 0.15) is 10.4 Å². The van der Waals surface area contributed by atoms with E-state index in [0.717, 1.165) is 0 Å². The maximum absolute atomic E-state index is 13.2. The van der Waals surface area contributed by atoms with Crippen LogP contribution in [0.4, 0.5) is 21.7 Å². The predicted octanol–water partition coefficient (Wildman–Crippen LogP) is 3.38. The number of carbonyl (C=O) groups excluding carboxylic acids is 1. The number of hydrogen-bond acceptors (Lipinski definition) is 6. The first-order valence-corrected chi connectivity index (χ1v) is 8.23. The molecule has 1 aromatic heterocycles. The smallest absolute Gasteiger partial charge is 0.258 e. The monoisotopic (exact) mass is 366 g/mol. The largest absolute Gasteiger partial charge is 0.486 e. The highest BCUT2D eigenvalue weighted by Gasteiger charge is 2.14. The van der Waals surface area contributed by atoms with Crippen LogP contribution in [0.2, 0.25) is 0 Å². The lowest BCUT2D eigenvalue weighted by Crippen LogP contribution is -2.16. The van der Waals surface area contributed by atoms with Gasteiger partial charge < -0.3 is 20.1 Å². The normalized spacial score (nSPS) is 12.3. The van der Waals surface area contributed by atoms with Crippen molar-refractivity contribution in [1.29, 1.82) is 0 Å². The summed E-state index contributed by atoms with van der Waals surface area (Å²) >= 11 is 0. The number of anilines is 3. The lowest BCUT2D eigenvalue weighted by atomic mass is 10.2. The molecule has 2 aromatic carbocycles. The average Bonchev–Trinajstić information content (AvgIpc) is 2.68. The fourth-order valence-electron chi connectivity index (χ4n) is 2.53. The highest BCUT2D eigenvalue weighted by Crippen LogP contribution is 2.32.